The number of carboxylic acids is 1. The first-order valence-electron chi connectivity index (χ1n) is 6.53. The van der Waals surface area contributed by atoms with E-state index in [2.05, 4.69) is 4.98 Å². The summed E-state index contributed by atoms with van der Waals surface area (Å²) >= 11 is 1.59. The van der Waals surface area contributed by atoms with Gasteiger partial charge in [0.15, 0.2) is 5.13 Å². The third-order valence-corrected chi connectivity index (χ3v) is 4.77. The average Bonchev–Trinajstić information content (AvgIpc) is 3.03. The lowest BCUT2D eigenvalue weighted by Crippen LogP contribution is -2.16. The second kappa shape index (κ2) is 4.94. The predicted octanol–water partition coefficient (Wildman–Crippen LogP) is 2.80. The molecule has 3 rings (SSSR count). The zero-order valence-corrected chi connectivity index (χ0v) is 12.2. The van der Waals surface area contributed by atoms with Crippen molar-refractivity contribution in [2.24, 2.45) is 0 Å². The Morgan fingerprint density at radius 3 is 3.05 bits per heavy atom. The van der Waals surface area contributed by atoms with Crippen molar-refractivity contribution < 1.29 is 14.3 Å². The highest BCUT2D eigenvalue weighted by Gasteiger charge is 2.32. The number of anilines is 1. The summed E-state index contributed by atoms with van der Waals surface area (Å²) in [7, 11) is 1.95. The molecule has 0 saturated carbocycles. The maximum atomic E-state index is 11.2. The number of nitrogens with zero attached hydrogens (tertiary/aromatic N) is 2. The number of hydrogen-bond donors (Lipinski definition) is 1. The Kier molecular flexibility index (Phi) is 3.25. The number of furan rings is 1. The summed E-state index contributed by atoms with van der Waals surface area (Å²) in [6, 6.07) is 3.89. The van der Waals surface area contributed by atoms with Crippen molar-refractivity contribution in [3.05, 3.63) is 34.2 Å². The third-order valence-electron chi connectivity index (χ3n) is 3.52. The summed E-state index contributed by atoms with van der Waals surface area (Å²) in [5, 5.41) is 10.0. The van der Waals surface area contributed by atoms with Crippen LogP contribution in [0.15, 0.2) is 16.5 Å². The van der Waals surface area contributed by atoms with Crippen LogP contribution in [0.1, 0.15) is 34.4 Å². The largest absolute Gasteiger partial charge is 0.481 e. The van der Waals surface area contributed by atoms with Gasteiger partial charge < -0.3 is 14.4 Å². The zero-order valence-electron chi connectivity index (χ0n) is 11.4. The van der Waals surface area contributed by atoms with E-state index in [0.717, 1.165) is 33.6 Å². The molecule has 2 aromatic heterocycles. The van der Waals surface area contributed by atoms with Gasteiger partial charge in [-0.3, -0.25) is 4.79 Å². The standard InChI is InChI=1S/C14H16N2O3S/c1-8-3-4-9(19-8)7-16(2)14-15-12-10(13(17)18)5-6-11(12)20-14/h3-4,10H,5-7H2,1-2H3,(H,17,18). The van der Waals surface area contributed by atoms with Crippen LogP contribution in [0.3, 0.4) is 0 Å². The fourth-order valence-electron chi connectivity index (χ4n) is 2.49. The van der Waals surface area contributed by atoms with Crippen molar-refractivity contribution in [2.75, 3.05) is 11.9 Å². The van der Waals surface area contributed by atoms with Crippen LogP contribution in [-0.4, -0.2) is 23.1 Å². The van der Waals surface area contributed by atoms with Crippen LogP contribution in [0, 0.1) is 6.92 Å². The summed E-state index contributed by atoms with van der Waals surface area (Å²) in [4.78, 5) is 18.8. The molecule has 0 spiro atoms. The molecule has 0 fully saturated rings. The fraction of sp³-hybridized carbons (Fsp3) is 0.429. The molecule has 6 heteroatoms. The van der Waals surface area contributed by atoms with E-state index in [4.69, 9.17) is 4.42 Å². The highest BCUT2D eigenvalue weighted by Crippen LogP contribution is 2.39. The van der Waals surface area contributed by atoms with Crippen LogP contribution in [0.2, 0.25) is 0 Å². The number of rotatable bonds is 4. The van der Waals surface area contributed by atoms with Crippen LogP contribution in [-0.2, 0) is 17.8 Å². The van der Waals surface area contributed by atoms with Gasteiger partial charge in [0.05, 0.1) is 12.2 Å². The van der Waals surface area contributed by atoms with Gasteiger partial charge in [-0.2, -0.15) is 0 Å². The Labute approximate surface area is 120 Å². The average molecular weight is 292 g/mol. The molecule has 1 N–H and O–H groups in total. The number of fused-ring (bicyclic) bond motifs is 1. The molecule has 0 aliphatic heterocycles. The Hall–Kier alpha value is -1.82. The van der Waals surface area contributed by atoms with E-state index in [0.29, 0.717) is 13.0 Å². The molecule has 0 saturated heterocycles. The molecular formula is C14H16N2O3S. The highest BCUT2D eigenvalue weighted by molar-refractivity contribution is 7.15. The minimum absolute atomic E-state index is 0.436. The minimum atomic E-state index is -0.773. The molecule has 106 valence electrons. The van der Waals surface area contributed by atoms with Gasteiger partial charge in [0, 0.05) is 11.9 Å². The van der Waals surface area contributed by atoms with Gasteiger partial charge >= 0.3 is 5.97 Å². The zero-order chi connectivity index (χ0) is 14.3. The van der Waals surface area contributed by atoms with E-state index in [1.54, 1.807) is 11.3 Å². The lowest BCUT2D eigenvalue weighted by molar-refractivity contribution is -0.138. The molecule has 1 atom stereocenters. The van der Waals surface area contributed by atoms with Crippen LogP contribution < -0.4 is 4.90 Å². The molecular weight excluding hydrogens is 276 g/mol. The second-order valence-corrected chi connectivity index (χ2v) is 6.16. The van der Waals surface area contributed by atoms with Gasteiger partial charge in [-0.15, -0.1) is 11.3 Å². The SMILES string of the molecule is Cc1ccc(CN(C)c2nc3c(s2)CCC3C(=O)O)o1. The quantitative estimate of drug-likeness (QED) is 0.938. The molecule has 0 radical (unpaired) electrons. The van der Waals surface area contributed by atoms with Crippen LogP contribution in [0.25, 0.3) is 0 Å². The number of carbonyl (C=O) groups is 1. The molecule has 0 aromatic carbocycles. The molecule has 20 heavy (non-hydrogen) atoms. The van der Waals surface area contributed by atoms with Crippen molar-refractivity contribution in [1.82, 2.24) is 4.98 Å². The van der Waals surface area contributed by atoms with Crippen molar-refractivity contribution in [3.63, 3.8) is 0 Å². The lowest BCUT2D eigenvalue weighted by Gasteiger charge is -2.14. The van der Waals surface area contributed by atoms with E-state index in [-0.39, 0.29) is 0 Å². The van der Waals surface area contributed by atoms with Crippen molar-refractivity contribution in [2.45, 2.75) is 32.2 Å². The monoisotopic (exact) mass is 292 g/mol. The summed E-state index contributed by atoms with van der Waals surface area (Å²) in [5.41, 5.74) is 0.750. The number of aliphatic carboxylic acids is 1. The van der Waals surface area contributed by atoms with Crippen molar-refractivity contribution in [3.8, 4) is 0 Å². The Balaban J connectivity index is 1.78. The normalized spacial score (nSPS) is 17.2. The second-order valence-electron chi connectivity index (χ2n) is 5.10. The Morgan fingerprint density at radius 2 is 2.40 bits per heavy atom. The highest BCUT2D eigenvalue weighted by atomic mass is 32.1. The summed E-state index contributed by atoms with van der Waals surface area (Å²) in [5.74, 6) is 0.565. The van der Waals surface area contributed by atoms with E-state index in [1.807, 2.05) is 31.0 Å². The maximum Gasteiger partial charge on any atom is 0.312 e. The van der Waals surface area contributed by atoms with Crippen LogP contribution in [0.4, 0.5) is 5.13 Å². The summed E-state index contributed by atoms with van der Waals surface area (Å²) in [6.07, 6.45) is 1.49. The molecule has 1 unspecified atom stereocenters. The van der Waals surface area contributed by atoms with Gasteiger partial charge in [0.25, 0.3) is 0 Å². The first-order valence-corrected chi connectivity index (χ1v) is 7.35. The first kappa shape index (κ1) is 13.2. The van der Waals surface area contributed by atoms with E-state index in [9.17, 15) is 9.90 Å². The molecule has 1 aliphatic rings. The smallest absolute Gasteiger partial charge is 0.312 e. The van der Waals surface area contributed by atoms with Gasteiger partial charge in [0.2, 0.25) is 0 Å². The first-order chi connectivity index (χ1) is 9.54. The Morgan fingerprint density at radius 1 is 1.60 bits per heavy atom. The van der Waals surface area contributed by atoms with Gasteiger partial charge in [-0.25, -0.2) is 4.98 Å². The Bertz CT molecular complexity index is 647. The molecule has 2 aromatic rings. The van der Waals surface area contributed by atoms with Gasteiger partial charge in [0.1, 0.15) is 17.4 Å². The van der Waals surface area contributed by atoms with E-state index in [1.165, 1.54) is 0 Å². The number of aryl methyl sites for hydroxylation is 2. The summed E-state index contributed by atoms with van der Waals surface area (Å²) < 4.78 is 5.55. The molecule has 0 amide bonds. The minimum Gasteiger partial charge on any atom is -0.481 e. The summed E-state index contributed by atoms with van der Waals surface area (Å²) in [6.45, 7) is 2.55. The molecule has 5 nitrogen and oxygen atoms in total. The molecule has 2 heterocycles. The van der Waals surface area contributed by atoms with Crippen molar-refractivity contribution in [1.29, 1.82) is 0 Å². The van der Waals surface area contributed by atoms with E-state index < -0.39 is 11.9 Å². The maximum absolute atomic E-state index is 11.2. The lowest BCUT2D eigenvalue weighted by atomic mass is 10.1. The van der Waals surface area contributed by atoms with Gasteiger partial charge in [-0.05, 0) is 31.9 Å². The van der Waals surface area contributed by atoms with Gasteiger partial charge in [-0.1, -0.05) is 0 Å². The number of aromatic nitrogens is 1. The number of carboxylic acid groups (broad SMARTS) is 1. The topological polar surface area (TPSA) is 66.6 Å². The third kappa shape index (κ3) is 2.31. The number of thiazole rings is 1. The molecule has 1 aliphatic carbocycles. The number of hydrogen-bond acceptors (Lipinski definition) is 5. The predicted molar refractivity (Wildman–Crippen MR) is 76.4 cm³/mol. The van der Waals surface area contributed by atoms with Crippen molar-refractivity contribution >= 4 is 22.4 Å². The fourth-order valence-corrected chi connectivity index (χ4v) is 3.59. The van der Waals surface area contributed by atoms with Crippen LogP contribution >= 0.6 is 11.3 Å². The molecule has 0 bridgehead atoms. The van der Waals surface area contributed by atoms with Crippen LogP contribution in [0.5, 0.6) is 0 Å². The van der Waals surface area contributed by atoms with E-state index >= 15 is 0 Å².